The Kier molecular flexibility index (Phi) is 7.00. The number of nitrogens with zero attached hydrogens (tertiary/aromatic N) is 2. The maximum Gasteiger partial charge on any atom is 0.417 e. The molecule has 0 bridgehead atoms. The molecule has 0 atom stereocenters. The van der Waals surface area contributed by atoms with Crippen molar-refractivity contribution in [3.05, 3.63) is 76.8 Å². The largest absolute Gasteiger partial charge is 0.417 e. The van der Waals surface area contributed by atoms with Crippen molar-refractivity contribution in [2.24, 2.45) is 0 Å². The summed E-state index contributed by atoms with van der Waals surface area (Å²) in [5.74, 6) is -0.729. The molecule has 4 aromatic rings. The van der Waals surface area contributed by atoms with Crippen molar-refractivity contribution in [1.29, 1.82) is 0 Å². The van der Waals surface area contributed by atoms with Crippen LogP contribution in [-0.4, -0.2) is 32.1 Å². The summed E-state index contributed by atoms with van der Waals surface area (Å²) < 4.78 is 65.9. The zero-order chi connectivity index (χ0) is 26.3. The van der Waals surface area contributed by atoms with E-state index in [1.54, 1.807) is 24.3 Å². The fourth-order valence-electron chi connectivity index (χ4n) is 3.47. The molecule has 1 amide bonds. The number of amides is 1. The van der Waals surface area contributed by atoms with Gasteiger partial charge < -0.3 is 5.32 Å². The van der Waals surface area contributed by atoms with E-state index in [0.29, 0.717) is 16.1 Å². The number of nitrogens with one attached hydrogen (secondary N) is 1. The number of aryl methyl sites for hydroxylation is 1. The lowest BCUT2D eigenvalue weighted by Gasteiger charge is -2.23. The van der Waals surface area contributed by atoms with Crippen LogP contribution in [0.3, 0.4) is 0 Å². The molecule has 0 aliphatic rings. The Morgan fingerprint density at radius 3 is 2.42 bits per heavy atom. The van der Waals surface area contributed by atoms with E-state index in [9.17, 15) is 26.4 Å². The van der Waals surface area contributed by atoms with Crippen molar-refractivity contribution < 1.29 is 26.4 Å². The van der Waals surface area contributed by atoms with E-state index in [1.807, 2.05) is 19.1 Å². The van der Waals surface area contributed by atoms with Gasteiger partial charge in [-0.25, -0.2) is 13.4 Å². The summed E-state index contributed by atoms with van der Waals surface area (Å²) in [6.07, 6.45) is -3.99. The van der Waals surface area contributed by atoms with Crippen molar-refractivity contribution in [3.63, 3.8) is 0 Å². The molecular formula is C24H19ClF3N3O3S2. The van der Waals surface area contributed by atoms with Crippen molar-refractivity contribution >= 4 is 60.5 Å². The molecule has 1 heterocycles. The smallest absolute Gasteiger partial charge is 0.325 e. The van der Waals surface area contributed by atoms with Crippen LogP contribution in [0.15, 0.2) is 60.7 Å². The molecule has 1 aromatic heterocycles. The average Bonchev–Trinajstić information content (AvgIpc) is 3.20. The van der Waals surface area contributed by atoms with E-state index in [2.05, 4.69) is 16.4 Å². The Balaban J connectivity index is 1.52. The van der Waals surface area contributed by atoms with Gasteiger partial charge in [-0.1, -0.05) is 17.7 Å². The first-order valence-electron chi connectivity index (χ1n) is 10.4. The number of alkyl halides is 3. The number of sulfonamides is 1. The minimum atomic E-state index is -4.79. The third kappa shape index (κ3) is 5.80. The minimum Gasteiger partial charge on any atom is -0.325 e. The summed E-state index contributed by atoms with van der Waals surface area (Å²) in [7, 11) is -4.08. The number of hydrogen-bond donors (Lipinski definition) is 1. The molecule has 6 nitrogen and oxygen atoms in total. The van der Waals surface area contributed by atoms with Gasteiger partial charge in [-0.2, -0.15) is 13.2 Å². The van der Waals surface area contributed by atoms with E-state index in [1.165, 1.54) is 11.3 Å². The second-order valence-corrected chi connectivity index (χ2v) is 11.4. The predicted molar refractivity (Wildman–Crippen MR) is 137 cm³/mol. The van der Waals surface area contributed by atoms with Crippen molar-refractivity contribution in [2.45, 2.75) is 13.1 Å². The van der Waals surface area contributed by atoms with Crippen LogP contribution in [0.4, 0.5) is 24.5 Å². The zero-order valence-electron chi connectivity index (χ0n) is 18.9. The van der Waals surface area contributed by atoms with Crippen LogP contribution in [0.2, 0.25) is 5.02 Å². The summed E-state index contributed by atoms with van der Waals surface area (Å²) in [5.41, 5.74) is 1.72. The summed E-state index contributed by atoms with van der Waals surface area (Å²) in [6, 6.07) is 15.5. The van der Waals surface area contributed by atoms with E-state index >= 15 is 0 Å². The molecule has 36 heavy (non-hydrogen) atoms. The van der Waals surface area contributed by atoms with Gasteiger partial charge in [0.15, 0.2) is 0 Å². The van der Waals surface area contributed by atoms with Gasteiger partial charge in [0.25, 0.3) is 0 Å². The monoisotopic (exact) mass is 553 g/mol. The zero-order valence-corrected chi connectivity index (χ0v) is 21.3. The molecule has 0 spiro atoms. The highest BCUT2D eigenvalue weighted by molar-refractivity contribution is 7.92. The fraction of sp³-hybridized carbons (Fsp3) is 0.167. The lowest BCUT2D eigenvalue weighted by molar-refractivity contribution is -0.137. The summed E-state index contributed by atoms with van der Waals surface area (Å²) in [4.78, 5) is 17.2. The lowest BCUT2D eigenvalue weighted by atomic mass is 10.2. The van der Waals surface area contributed by atoms with Crippen LogP contribution in [0.1, 0.15) is 11.1 Å². The Bertz CT molecular complexity index is 1550. The van der Waals surface area contributed by atoms with E-state index in [-0.39, 0.29) is 5.69 Å². The molecule has 0 unspecified atom stereocenters. The van der Waals surface area contributed by atoms with E-state index in [4.69, 9.17) is 11.6 Å². The molecule has 4 rings (SSSR count). The van der Waals surface area contributed by atoms with Gasteiger partial charge >= 0.3 is 6.18 Å². The molecule has 1 N–H and O–H groups in total. The maximum absolute atomic E-state index is 13.2. The van der Waals surface area contributed by atoms with Crippen LogP contribution in [0, 0.1) is 6.92 Å². The number of thiazole rings is 1. The number of fused-ring (bicyclic) bond motifs is 1. The van der Waals surface area contributed by atoms with Crippen LogP contribution < -0.4 is 9.62 Å². The molecule has 3 aromatic carbocycles. The highest BCUT2D eigenvalue weighted by Crippen LogP contribution is 2.37. The number of rotatable bonds is 6. The number of anilines is 2. The highest BCUT2D eigenvalue weighted by Gasteiger charge is 2.34. The first-order chi connectivity index (χ1) is 16.8. The summed E-state index contributed by atoms with van der Waals surface area (Å²) in [6.45, 7) is 1.28. The second-order valence-electron chi connectivity index (χ2n) is 8.05. The SMILES string of the molecule is Cc1ccc2nc(-c3ccc(NC(=O)CN(c4ccc(Cl)c(C(F)(F)F)c4)S(C)(=O)=O)cc3)sc2c1. The first kappa shape index (κ1) is 25.9. The van der Waals surface area contributed by atoms with Crippen LogP contribution in [0.25, 0.3) is 20.8 Å². The van der Waals surface area contributed by atoms with Crippen LogP contribution in [-0.2, 0) is 21.0 Å². The Labute approximate surface area is 214 Å². The quantitative estimate of drug-likeness (QED) is 0.302. The molecular weight excluding hydrogens is 535 g/mol. The van der Waals surface area contributed by atoms with Crippen molar-refractivity contribution in [1.82, 2.24) is 4.98 Å². The molecule has 0 radical (unpaired) electrons. The molecule has 0 aliphatic carbocycles. The highest BCUT2D eigenvalue weighted by atomic mass is 35.5. The third-order valence-corrected chi connectivity index (χ3v) is 7.73. The van der Waals surface area contributed by atoms with Gasteiger partial charge in [0, 0.05) is 11.3 Å². The number of benzene rings is 3. The van der Waals surface area contributed by atoms with Crippen molar-refractivity contribution in [2.75, 3.05) is 22.4 Å². The summed E-state index contributed by atoms with van der Waals surface area (Å²) in [5, 5.41) is 2.80. The minimum absolute atomic E-state index is 0.328. The topological polar surface area (TPSA) is 79.4 Å². The van der Waals surface area contributed by atoms with Crippen LogP contribution in [0.5, 0.6) is 0 Å². The molecule has 0 saturated carbocycles. The van der Waals surface area contributed by atoms with E-state index in [0.717, 1.165) is 44.7 Å². The molecule has 12 heteroatoms. The number of aromatic nitrogens is 1. The summed E-state index contributed by atoms with van der Waals surface area (Å²) >= 11 is 7.16. The number of hydrogen-bond acceptors (Lipinski definition) is 5. The average molecular weight is 554 g/mol. The predicted octanol–water partition coefficient (Wildman–Crippen LogP) is 6.35. The third-order valence-electron chi connectivity index (χ3n) is 5.19. The number of carbonyl (C=O) groups excluding carboxylic acids is 1. The number of halogens is 4. The van der Waals surface area contributed by atoms with Gasteiger partial charge in [-0.05, 0) is 67.1 Å². The van der Waals surface area contributed by atoms with Gasteiger partial charge in [0.1, 0.15) is 11.6 Å². The standard InChI is InChI=1S/C24H19ClF3N3O3S2/c1-14-3-10-20-21(11-14)35-23(30-20)15-4-6-16(7-5-15)29-22(32)13-31(36(2,33)34)17-8-9-19(25)18(12-17)24(26,27)28/h3-12H,13H2,1-2H3,(H,29,32). The van der Waals surface area contributed by atoms with Crippen LogP contribution >= 0.6 is 22.9 Å². The Morgan fingerprint density at radius 1 is 1.08 bits per heavy atom. The van der Waals surface area contributed by atoms with E-state index < -0.39 is 39.2 Å². The van der Waals surface area contributed by atoms with Gasteiger partial charge in [0.05, 0.1) is 32.7 Å². The first-order valence-corrected chi connectivity index (χ1v) is 13.5. The normalized spacial score (nSPS) is 12.1. The fourth-order valence-corrected chi connectivity index (χ4v) is 5.61. The molecule has 0 saturated heterocycles. The molecule has 188 valence electrons. The number of carbonyl (C=O) groups is 1. The molecule has 0 aliphatic heterocycles. The van der Waals surface area contributed by atoms with Gasteiger partial charge in [-0.3, -0.25) is 9.10 Å². The second kappa shape index (κ2) is 9.72. The maximum atomic E-state index is 13.2. The van der Waals surface area contributed by atoms with Crippen molar-refractivity contribution in [3.8, 4) is 10.6 Å². The molecule has 0 fully saturated rings. The lowest BCUT2D eigenvalue weighted by Crippen LogP contribution is -2.37. The van der Waals surface area contributed by atoms with Gasteiger partial charge in [0.2, 0.25) is 15.9 Å². The Morgan fingerprint density at radius 2 is 1.78 bits per heavy atom. The van der Waals surface area contributed by atoms with Gasteiger partial charge in [-0.15, -0.1) is 11.3 Å². The Hall–Kier alpha value is -3.15.